The number of hydrogen-bond acceptors (Lipinski definition) is 9. The van der Waals surface area contributed by atoms with Crippen molar-refractivity contribution < 1.29 is 13.5 Å². The molecule has 0 radical (unpaired) electrons. The van der Waals surface area contributed by atoms with Crippen LogP contribution in [0.4, 0.5) is 32.4 Å². The number of morpholine rings is 1. The molecule has 0 aliphatic carbocycles. The number of rotatable bonds is 6. The van der Waals surface area contributed by atoms with Gasteiger partial charge in [-0.2, -0.15) is 20.1 Å². The third-order valence-corrected chi connectivity index (χ3v) is 4.46. The predicted molar refractivity (Wildman–Crippen MR) is 106 cm³/mol. The maximum Gasteiger partial charge on any atom is 0.235 e. The van der Waals surface area contributed by atoms with E-state index in [-0.39, 0.29) is 17.6 Å². The number of ether oxygens (including phenoxy) is 1. The Kier molecular flexibility index (Phi) is 5.65. The monoisotopic (exact) mass is 417 g/mol. The molecular weight excluding hydrogens is 396 g/mol. The zero-order valence-corrected chi connectivity index (χ0v) is 16.5. The lowest BCUT2D eigenvalue weighted by atomic mass is 10.2. The van der Waals surface area contributed by atoms with Crippen LogP contribution in [-0.4, -0.2) is 56.4 Å². The Morgan fingerprint density at radius 1 is 1.13 bits per heavy atom. The molecule has 1 fully saturated rings. The minimum Gasteiger partial charge on any atom is -0.378 e. The van der Waals surface area contributed by atoms with Crippen molar-refractivity contribution in [3.8, 4) is 0 Å². The molecule has 4 rings (SSSR count). The van der Waals surface area contributed by atoms with Crippen molar-refractivity contribution in [2.24, 2.45) is 0 Å². The summed E-state index contributed by atoms with van der Waals surface area (Å²) in [5.41, 5.74) is 0.937. The number of nitrogens with zero attached hydrogens (tertiary/aromatic N) is 6. The van der Waals surface area contributed by atoms with E-state index in [0.29, 0.717) is 38.1 Å². The highest BCUT2D eigenvalue weighted by Gasteiger charge is 2.20. The van der Waals surface area contributed by atoms with E-state index < -0.39 is 17.7 Å². The average molecular weight is 417 g/mol. The van der Waals surface area contributed by atoms with Crippen molar-refractivity contribution in [3.05, 3.63) is 41.4 Å². The fourth-order valence-corrected chi connectivity index (χ4v) is 2.99. The third-order valence-electron chi connectivity index (χ3n) is 4.46. The number of aryl methyl sites for hydroxylation is 1. The van der Waals surface area contributed by atoms with E-state index in [1.807, 2.05) is 17.9 Å². The normalized spacial score (nSPS) is 15.1. The Hall–Kier alpha value is -3.41. The van der Waals surface area contributed by atoms with Crippen LogP contribution in [0.15, 0.2) is 18.3 Å². The van der Waals surface area contributed by atoms with Crippen LogP contribution in [-0.2, 0) is 4.74 Å². The zero-order valence-electron chi connectivity index (χ0n) is 16.5. The standard InChI is InChI=1S/C18H21F2N9O/c1-10-7-14(28-27-10)23-17-24-16(25-18(26-17)29-3-5-30-6-4-29)22-11(2)15-13(20)8-12(19)9-21-15/h7-9,11H,3-6H2,1-2H3,(H3,22,23,24,25,26,27,28). The summed E-state index contributed by atoms with van der Waals surface area (Å²) in [4.78, 5) is 19.1. The van der Waals surface area contributed by atoms with Crippen molar-refractivity contribution in [3.63, 3.8) is 0 Å². The quantitative estimate of drug-likeness (QED) is 0.555. The van der Waals surface area contributed by atoms with Crippen molar-refractivity contribution in [2.75, 3.05) is 41.8 Å². The van der Waals surface area contributed by atoms with Gasteiger partial charge >= 0.3 is 0 Å². The van der Waals surface area contributed by atoms with Crippen molar-refractivity contribution in [1.82, 2.24) is 30.1 Å². The van der Waals surface area contributed by atoms with Crippen LogP contribution >= 0.6 is 0 Å². The van der Waals surface area contributed by atoms with Crippen molar-refractivity contribution >= 4 is 23.7 Å². The lowest BCUT2D eigenvalue weighted by molar-refractivity contribution is 0.122. The molecule has 1 unspecified atom stereocenters. The number of aromatic amines is 1. The Morgan fingerprint density at radius 3 is 2.60 bits per heavy atom. The Labute approximate surface area is 171 Å². The van der Waals surface area contributed by atoms with Gasteiger partial charge in [-0.15, -0.1) is 0 Å². The van der Waals surface area contributed by atoms with E-state index in [9.17, 15) is 8.78 Å². The van der Waals surface area contributed by atoms with E-state index in [2.05, 4.69) is 40.8 Å². The van der Waals surface area contributed by atoms with Gasteiger partial charge in [0.1, 0.15) is 11.6 Å². The lowest BCUT2D eigenvalue weighted by Gasteiger charge is -2.27. The molecule has 4 heterocycles. The van der Waals surface area contributed by atoms with Crippen molar-refractivity contribution in [2.45, 2.75) is 19.9 Å². The molecule has 1 atom stereocenters. The molecule has 1 aliphatic heterocycles. The minimum atomic E-state index is -0.747. The number of halogens is 2. The second-order valence-corrected chi connectivity index (χ2v) is 6.83. The Bertz CT molecular complexity index is 1020. The number of H-pyrrole nitrogens is 1. The van der Waals surface area contributed by atoms with Gasteiger partial charge in [0.25, 0.3) is 0 Å². The first-order valence-corrected chi connectivity index (χ1v) is 9.43. The maximum atomic E-state index is 14.1. The smallest absolute Gasteiger partial charge is 0.235 e. The number of pyridine rings is 1. The summed E-state index contributed by atoms with van der Waals surface area (Å²) in [5, 5.41) is 13.0. The van der Waals surface area contributed by atoms with E-state index in [0.717, 1.165) is 18.0 Å². The van der Waals surface area contributed by atoms with E-state index >= 15 is 0 Å². The molecule has 10 nitrogen and oxygen atoms in total. The van der Waals surface area contributed by atoms with E-state index in [1.165, 1.54) is 0 Å². The summed E-state index contributed by atoms with van der Waals surface area (Å²) in [6.45, 7) is 5.96. The van der Waals surface area contributed by atoms with Crippen LogP contribution < -0.4 is 15.5 Å². The van der Waals surface area contributed by atoms with Gasteiger partial charge in [-0.05, 0) is 13.8 Å². The molecule has 3 N–H and O–H groups in total. The van der Waals surface area contributed by atoms with Crippen LogP contribution in [0.25, 0.3) is 0 Å². The first kappa shape index (κ1) is 19.9. The predicted octanol–water partition coefficient (Wildman–Crippen LogP) is 2.33. The maximum absolute atomic E-state index is 14.1. The summed E-state index contributed by atoms with van der Waals surface area (Å²) in [7, 11) is 0. The molecule has 0 saturated carbocycles. The summed E-state index contributed by atoms with van der Waals surface area (Å²) in [6.07, 6.45) is 0.968. The molecule has 1 aliphatic rings. The van der Waals surface area contributed by atoms with Gasteiger partial charge in [0.05, 0.1) is 31.1 Å². The number of anilines is 4. The summed E-state index contributed by atoms with van der Waals surface area (Å²) < 4.78 is 32.7. The number of nitrogens with one attached hydrogen (secondary N) is 3. The number of hydrogen-bond donors (Lipinski definition) is 3. The molecule has 30 heavy (non-hydrogen) atoms. The van der Waals surface area contributed by atoms with Gasteiger partial charge in [-0.3, -0.25) is 10.1 Å². The van der Waals surface area contributed by atoms with Crippen LogP contribution in [0.2, 0.25) is 0 Å². The molecule has 0 bridgehead atoms. The van der Waals surface area contributed by atoms with Crippen LogP contribution in [0.5, 0.6) is 0 Å². The molecule has 12 heteroatoms. The minimum absolute atomic E-state index is 0.0576. The fourth-order valence-electron chi connectivity index (χ4n) is 2.99. The molecule has 0 aromatic carbocycles. The lowest BCUT2D eigenvalue weighted by Crippen LogP contribution is -2.37. The Balaban J connectivity index is 1.62. The van der Waals surface area contributed by atoms with Crippen LogP contribution in [0.1, 0.15) is 24.4 Å². The van der Waals surface area contributed by atoms with Gasteiger partial charge < -0.3 is 20.3 Å². The van der Waals surface area contributed by atoms with Gasteiger partial charge in [-0.1, -0.05) is 0 Å². The molecule has 3 aromatic heterocycles. The first-order valence-electron chi connectivity index (χ1n) is 9.43. The second-order valence-electron chi connectivity index (χ2n) is 6.83. The first-order chi connectivity index (χ1) is 14.5. The van der Waals surface area contributed by atoms with Gasteiger partial charge in [0, 0.05) is 30.9 Å². The molecule has 158 valence electrons. The Morgan fingerprint density at radius 2 is 1.90 bits per heavy atom. The van der Waals surface area contributed by atoms with Crippen LogP contribution in [0.3, 0.4) is 0 Å². The molecule has 0 amide bonds. The summed E-state index contributed by atoms with van der Waals surface area (Å²) in [6, 6.07) is 2.00. The summed E-state index contributed by atoms with van der Waals surface area (Å²) >= 11 is 0. The van der Waals surface area contributed by atoms with Gasteiger partial charge in [0.15, 0.2) is 5.82 Å². The van der Waals surface area contributed by atoms with Gasteiger partial charge in [0.2, 0.25) is 17.8 Å². The van der Waals surface area contributed by atoms with E-state index in [4.69, 9.17) is 4.74 Å². The van der Waals surface area contributed by atoms with E-state index in [1.54, 1.807) is 6.92 Å². The number of aromatic nitrogens is 6. The average Bonchev–Trinajstić information content (AvgIpc) is 3.13. The highest BCUT2D eigenvalue weighted by Crippen LogP contribution is 2.22. The van der Waals surface area contributed by atoms with Crippen molar-refractivity contribution in [1.29, 1.82) is 0 Å². The molecule has 3 aromatic rings. The fraction of sp³-hybridized carbons (Fsp3) is 0.389. The third kappa shape index (κ3) is 4.59. The highest BCUT2D eigenvalue weighted by molar-refractivity contribution is 5.52. The highest BCUT2D eigenvalue weighted by atomic mass is 19.1. The molecule has 1 saturated heterocycles. The molecule has 0 spiro atoms. The largest absolute Gasteiger partial charge is 0.378 e. The van der Waals surface area contributed by atoms with Crippen LogP contribution in [0, 0.1) is 18.6 Å². The topological polar surface area (TPSA) is 117 Å². The summed E-state index contributed by atoms with van der Waals surface area (Å²) in [5.74, 6) is 0.0171. The van der Waals surface area contributed by atoms with Gasteiger partial charge in [-0.25, -0.2) is 8.78 Å². The zero-order chi connectivity index (χ0) is 21.1. The molecular formula is C18H21F2N9O. The SMILES string of the molecule is Cc1cc(Nc2nc(NC(C)c3ncc(F)cc3F)nc(N3CCOCC3)n2)n[nH]1. The second kappa shape index (κ2) is 8.53.